The van der Waals surface area contributed by atoms with Crippen LogP contribution in [0.15, 0.2) is 24.3 Å². The molecule has 2 rings (SSSR count). The van der Waals surface area contributed by atoms with Crippen LogP contribution in [0.3, 0.4) is 0 Å². The number of primary amides is 1. The third-order valence-electron chi connectivity index (χ3n) is 3.41. The van der Waals surface area contributed by atoms with Gasteiger partial charge in [-0.2, -0.15) is 5.26 Å². The highest BCUT2D eigenvalue weighted by molar-refractivity contribution is 5.72. The van der Waals surface area contributed by atoms with Gasteiger partial charge in [0.25, 0.3) is 0 Å². The number of hydrogen-bond acceptors (Lipinski definition) is 3. The average Bonchev–Trinajstić information content (AvgIpc) is 2.42. The number of likely N-dealkylation sites (tertiary alicyclic amines) is 1. The molecule has 5 heteroatoms. The Balaban J connectivity index is 1.85. The number of urea groups is 1. The molecule has 0 saturated carbocycles. The standard InChI is InChI=1S/C14H18N4O/c15-8-5-11-1-3-12(4-2-11)17-13-6-9-18(10-7-13)14(16)19/h1-4,13,17H,5-7,9-10H2,(H2,16,19). The van der Waals surface area contributed by atoms with Crippen molar-refractivity contribution < 1.29 is 4.79 Å². The van der Waals surface area contributed by atoms with Gasteiger partial charge >= 0.3 is 6.03 Å². The van der Waals surface area contributed by atoms with E-state index in [0.717, 1.165) is 24.1 Å². The van der Waals surface area contributed by atoms with Crippen LogP contribution in [0.2, 0.25) is 0 Å². The molecular weight excluding hydrogens is 240 g/mol. The van der Waals surface area contributed by atoms with Crippen LogP contribution < -0.4 is 11.1 Å². The summed E-state index contributed by atoms with van der Waals surface area (Å²) < 4.78 is 0. The molecule has 0 aliphatic carbocycles. The zero-order chi connectivity index (χ0) is 13.7. The molecule has 19 heavy (non-hydrogen) atoms. The largest absolute Gasteiger partial charge is 0.382 e. The van der Waals surface area contributed by atoms with E-state index in [0.29, 0.717) is 25.6 Å². The van der Waals surface area contributed by atoms with Crippen molar-refractivity contribution in [3.63, 3.8) is 0 Å². The van der Waals surface area contributed by atoms with Crippen LogP contribution >= 0.6 is 0 Å². The van der Waals surface area contributed by atoms with E-state index in [2.05, 4.69) is 11.4 Å². The van der Waals surface area contributed by atoms with E-state index < -0.39 is 0 Å². The fourth-order valence-electron chi connectivity index (χ4n) is 2.29. The molecule has 0 radical (unpaired) electrons. The summed E-state index contributed by atoms with van der Waals surface area (Å²) in [7, 11) is 0. The lowest BCUT2D eigenvalue weighted by Gasteiger charge is -2.31. The van der Waals surface area contributed by atoms with Crippen LogP contribution in [0.4, 0.5) is 10.5 Å². The zero-order valence-corrected chi connectivity index (χ0v) is 10.8. The highest BCUT2D eigenvalue weighted by Gasteiger charge is 2.20. The molecule has 2 amide bonds. The van der Waals surface area contributed by atoms with Gasteiger partial charge in [-0.05, 0) is 30.5 Å². The number of nitrogens with two attached hydrogens (primary N) is 1. The number of piperidine rings is 1. The van der Waals surface area contributed by atoms with Gasteiger partial charge in [0.1, 0.15) is 0 Å². The highest BCUT2D eigenvalue weighted by atomic mass is 16.2. The minimum atomic E-state index is -0.334. The molecule has 100 valence electrons. The first kappa shape index (κ1) is 13.2. The molecule has 1 aliphatic heterocycles. The van der Waals surface area contributed by atoms with E-state index in [1.54, 1.807) is 4.90 Å². The average molecular weight is 258 g/mol. The summed E-state index contributed by atoms with van der Waals surface area (Å²) in [5.41, 5.74) is 7.33. The van der Waals surface area contributed by atoms with Gasteiger partial charge < -0.3 is 16.0 Å². The van der Waals surface area contributed by atoms with E-state index in [1.165, 1.54) is 0 Å². The topological polar surface area (TPSA) is 82.2 Å². The Hall–Kier alpha value is -2.22. The molecule has 0 bridgehead atoms. The third-order valence-corrected chi connectivity index (χ3v) is 3.41. The molecule has 5 nitrogen and oxygen atoms in total. The predicted molar refractivity (Wildman–Crippen MR) is 73.6 cm³/mol. The second kappa shape index (κ2) is 6.10. The summed E-state index contributed by atoms with van der Waals surface area (Å²) in [5.74, 6) is 0. The molecule has 1 aliphatic rings. The zero-order valence-electron chi connectivity index (χ0n) is 10.8. The predicted octanol–water partition coefficient (Wildman–Crippen LogP) is 1.71. The summed E-state index contributed by atoms with van der Waals surface area (Å²) in [4.78, 5) is 12.7. The molecule has 1 aromatic carbocycles. The maximum atomic E-state index is 11.0. The number of rotatable bonds is 3. The number of hydrogen-bond donors (Lipinski definition) is 2. The summed E-state index contributed by atoms with van der Waals surface area (Å²) in [6.07, 6.45) is 2.25. The Labute approximate surface area is 113 Å². The molecule has 1 aromatic rings. The lowest BCUT2D eigenvalue weighted by atomic mass is 10.0. The van der Waals surface area contributed by atoms with Gasteiger partial charge in [-0.1, -0.05) is 12.1 Å². The van der Waals surface area contributed by atoms with Crippen molar-refractivity contribution in [1.29, 1.82) is 5.26 Å². The maximum absolute atomic E-state index is 11.0. The maximum Gasteiger partial charge on any atom is 0.314 e. The van der Waals surface area contributed by atoms with Crippen molar-refractivity contribution in [3.05, 3.63) is 29.8 Å². The van der Waals surface area contributed by atoms with E-state index >= 15 is 0 Å². The molecule has 0 unspecified atom stereocenters. The SMILES string of the molecule is N#CCc1ccc(NC2CCN(C(N)=O)CC2)cc1. The summed E-state index contributed by atoms with van der Waals surface area (Å²) in [6, 6.07) is 10.1. The van der Waals surface area contributed by atoms with Gasteiger partial charge in [0.15, 0.2) is 0 Å². The molecule has 0 spiro atoms. The smallest absolute Gasteiger partial charge is 0.314 e. The number of carbonyl (C=O) groups is 1. The Kier molecular flexibility index (Phi) is 4.24. The van der Waals surface area contributed by atoms with Gasteiger partial charge in [0.2, 0.25) is 0 Å². The van der Waals surface area contributed by atoms with E-state index in [4.69, 9.17) is 11.0 Å². The Morgan fingerprint density at radius 1 is 1.37 bits per heavy atom. The Bertz CT molecular complexity index is 469. The van der Waals surface area contributed by atoms with Crippen molar-refractivity contribution in [2.45, 2.75) is 25.3 Å². The van der Waals surface area contributed by atoms with Crippen LogP contribution in [0.5, 0.6) is 0 Å². The molecule has 3 N–H and O–H groups in total. The number of anilines is 1. The molecule has 1 fully saturated rings. The van der Waals surface area contributed by atoms with Crippen molar-refractivity contribution in [1.82, 2.24) is 4.90 Å². The first-order valence-corrected chi connectivity index (χ1v) is 6.46. The number of benzene rings is 1. The van der Waals surface area contributed by atoms with Crippen LogP contribution in [0, 0.1) is 11.3 Å². The van der Waals surface area contributed by atoms with Crippen molar-refractivity contribution in [3.8, 4) is 6.07 Å². The van der Waals surface area contributed by atoms with Gasteiger partial charge in [0, 0.05) is 24.8 Å². The minimum absolute atomic E-state index is 0.334. The quantitative estimate of drug-likeness (QED) is 0.865. The van der Waals surface area contributed by atoms with Gasteiger partial charge in [-0.25, -0.2) is 4.79 Å². The number of nitrogens with one attached hydrogen (secondary N) is 1. The summed E-state index contributed by atoms with van der Waals surface area (Å²) in [5, 5.41) is 12.1. The van der Waals surface area contributed by atoms with Crippen molar-refractivity contribution in [2.75, 3.05) is 18.4 Å². The number of nitrogens with zero attached hydrogens (tertiary/aromatic N) is 2. The fourth-order valence-corrected chi connectivity index (χ4v) is 2.29. The highest BCUT2D eigenvalue weighted by Crippen LogP contribution is 2.17. The summed E-state index contributed by atoms with van der Waals surface area (Å²) >= 11 is 0. The fraction of sp³-hybridized carbons (Fsp3) is 0.429. The lowest BCUT2D eigenvalue weighted by molar-refractivity contribution is 0.193. The van der Waals surface area contributed by atoms with E-state index in [-0.39, 0.29) is 6.03 Å². The first-order valence-electron chi connectivity index (χ1n) is 6.46. The second-order valence-electron chi connectivity index (χ2n) is 4.78. The molecule has 1 heterocycles. The van der Waals surface area contributed by atoms with E-state index in [1.807, 2.05) is 24.3 Å². The monoisotopic (exact) mass is 258 g/mol. The first-order chi connectivity index (χ1) is 9.19. The van der Waals surface area contributed by atoms with E-state index in [9.17, 15) is 4.79 Å². The lowest BCUT2D eigenvalue weighted by Crippen LogP contribution is -2.44. The second-order valence-corrected chi connectivity index (χ2v) is 4.78. The number of nitriles is 1. The normalized spacial score (nSPS) is 15.8. The van der Waals surface area contributed by atoms with Crippen LogP contribution in [-0.4, -0.2) is 30.1 Å². The van der Waals surface area contributed by atoms with Crippen molar-refractivity contribution >= 4 is 11.7 Å². The third kappa shape index (κ3) is 3.62. The van der Waals surface area contributed by atoms with Gasteiger partial charge in [0.05, 0.1) is 12.5 Å². The van der Waals surface area contributed by atoms with Gasteiger partial charge in [-0.15, -0.1) is 0 Å². The van der Waals surface area contributed by atoms with Gasteiger partial charge in [-0.3, -0.25) is 0 Å². The van der Waals surface area contributed by atoms with Crippen LogP contribution in [0.1, 0.15) is 18.4 Å². The minimum Gasteiger partial charge on any atom is -0.382 e. The van der Waals surface area contributed by atoms with Crippen LogP contribution in [-0.2, 0) is 6.42 Å². The van der Waals surface area contributed by atoms with Crippen LogP contribution in [0.25, 0.3) is 0 Å². The number of carbonyl (C=O) groups excluding carboxylic acids is 1. The molecular formula is C14H18N4O. The van der Waals surface area contributed by atoms with Crippen molar-refractivity contribution in [2.24, 2.45) is 5.73 Å². The summed E-state index contributed by atoms with van der Waals surface area (Å²) in [6.45, 7) is 1.42. The molecule has 1 saturated heterocycles. The number of amides is 2. The Morgan fingerprint density at radius 3 is 2.53 bits per heavy atom. The molecule has 0 aromatic heterocycles. The molecule has 0 atom stereocenters. The Morgan fingerprint density at radius 2 is 2.00 bits per heavy atom.